The van der Waals surface area contributed by atoms with Crippen LogP contribution >= 0.6 is 0 Å². The first kappa shape index (κ1) is 11.1. The van der Waals surface area contributed by atoms with E-state index in [1.807, 2.05) is 12.1 Å². The maximum atomic E-state index is 9.47. The second-order valence-electron chi connectivity index (χ2n) is 5.54. The molecule has 0 aromatic heterocycles. The number of aromatic hydroxyl groups is 1. The summed E-state index contributed by atoms with van der Waals surface area (Å²) in [6.45, 7) is 0. The number of rotatable bonds is 2. The van der Waals surface area contributed by atoms with Gasteiger partial charge in [0.2, 0.25) is 0 Å². The monoisotopic (exact) mass is 231 g/mol. The summed E-state index contributed by atoms with van der Waals surface area (Å²) in [7, 11) is 0. The Morgan fingerprint density at radius 3 is 2.65 bits per heavy atom. The van der Waals surface area contributed by atoms with E-state index in [1.54, 1.807) is 0 Å². The lowest BCUT2D eigenvalue weighted by Crippen LogP contribution is -2.40. The third-order valence-electron chi connectivity index (χ3n) is 4.24. The summed E-state index contributed by atoms with van der Waals surface area (Å²) < 4.78 is 0. The van der Waals surface area contributed by atoms with Crippen LogP contribution in [0.25, 0.3) is 0 Å². The molecular formula is C15H21NO. The number of phenolic OH excluding ortho intramolecular Hbond substituents is 1. The molecule has 0 aliphatic heterocycles. The quantitative estimate of drug-likeness (QED) is 0.820. The Hall–Kier alpha value is -1.02. The molecule has 1 saturated carbocycles. The Balaban J connectivity index is 1.65. The van der Waals surface area contributed by atoms with E-state index in [0.717, 1.165) is 18.9 Å². The van der Waals surface area contributed by atoms with E-state index in [1.165, 1.54) is 43.2 Å². The smallest absolute Gasteiger partial charge is 0.115 e. The van der Waals surface area contributed by atoms with Gasteiger partial charge in [-0.15, -0.1) is 0 Å². The van der Waals surface area contributed by atoms with Crippen LogP contribution < -0.4 is 5.32 Å². The predicted molar refractivity (Wildman–Crippen MR) is 69.3 cm³/mol. The normalized spacial score (nSPS) is 24.8. The molecule has 3 rings (SSSR count). The molecule has 0 saturated heterocycles. The molecule has 2 heteroatoms. The summed E-state index contributed by atoms with van der Waals surface area (Å²) in [5, 5.41) is 13.3. The minimum Gasteiger partial charge on any atom is -0.508 e. The zero-order chi connectivity index (χ0) is 11.7. The van der Waals surface area contributed by atoms with Crippen LogP contribution in [-0.2, 0) is 12.8 Å². The van der Waals surface area contributed by atoms with E-state index < -0.39 is 0 Å². The van der Waals surface area contributed by atoms with Gasteiger partial charge in [0.15, 0.2) is 0 Å². The van der Waals surface area contributed by atoms with Crippen molar-refractivity contribution in [2.45, 2.75) is 57.0 Å². The van der Waals surface area contributed by atoms with Crippen LogP contribution in [0.2, 0.25) is 0 Å². The molecule has 17 heavy (non-hydrogen) atoms. The van der Waals surface area contributed by atoms with E-state index in [0.29, 0.717) is 11.8 Å². The summed E-state index contributed by atoms with van der Waals surface area (Å²) in [4.78, 5) is 0. The van der Waals surface area contributed by atoms with Gasteiger partial charge in [-0.3, -0.25) is 0 Å². The second kappa shape index (κ2) is 4.69. The first-order chi connectivity index (χ1) is 8.31. The minimum atomic E-state index is 0.408. The van der Waals surface area contributed by atoms with E-state index in [2.05, 4.69) is 11.4 Å². The molecule has 1 aromatic carbocycles. The summed E-state index contributed by atoms with van der Waals surface area (Å²) in [5.74, 6) is 0.408. The van der Waals surface area contributed by atoms with Gasteiger partial charge in [-0.1, -0.05) is 18.9 Å². The van der Waals surface area contributed by atoms with E-state index in [9.17, 15) is 5.11 Å². The first-order valence-electron chi connectivity index (χ1n) is 6.88. The van der Waals surface area contributed by atoms with Gasteiger partial charge < -0.3 is 10.4 Å². The maximum Gasteiger partial charge on any atom is 0.115 e. The first-order valence-corrected chi connectivity index (χ1v) is 6.88. The number of nitrogens with one attached hydrogen (secondary N) is 1. The van der Waals surface area contributed by atoms with Gasteiger partial charge in [0.25, 0.3) is 0 Å². The fourth-order valence-electron chi connectivity index (χ4n) is 3.31. The molecule has 0 radical (unpaired) electrons. The van der Waals surface area contributed by atoms with Crippen LogP contribution in [0.3, 0.4) is 0 Å². The highest BCUT2D eigenvalue weighted by molar-refractivity contribution is 5.37. The minimum absolute atomic E-state index is 0.408. The van der Waals surface area contributed by atoms with Crippen molar-refractivity contribution in [2.75, 3.05) is 0 Å². The molecule has 1 fully saturated rings. The number of benzene rings is 1. The van der Waals surface area contributed by atoms with Crippen molar-refractivity contribution in [3.63, 3.8) is 0 Å². The van der Waals surface area contributed by atoms with Crippen molar-refractivity contribution < 1.29 is 5.11 Å². The lowest BCUT2D eigenvalue weighted by Gasteiger charge is -2.28. The highest BCUT2D eigenvalue weighted by Crippen LogP contribution is 2.26. The Bertz CT molecular complexity index is 396. The number of aryl methyl sites for hydroxylation is 1. The van der Waals surface area contributed by atoms with Crippen LogP contribution in [0, 0.1) is 0 Å². The van der Waals surface area contributed by atoms with Crippen molar-refractivity contribution in [1.82, 2.24) is 5.32 Å². The molecule has 2 nitrogen and oxygen atoms in total. The lowest BCUT2D eigenvalue weighted by molar-refractivity contribution is 0.394. The molecule has 0 spiro atoms. The molecule has 0 bridgehead atoms. The summed E-state index contributed by atoms with van der Waals surface area (Å²) in [6.07, 6.45) is 8.97. The van der Waals surface area contributed by atoms with Gasteiger partial charge in [0.1, 0.15) is 5.75 Å². The predicted octanol–water partition coefficient (Wildman–Crippen LogP) is 2.78. The Morgan fingerprint density at radius 2 is 1.82 bits per heavy atom. The topological polar surface area (TPSA) is 32.3 Å². The molecule has 2 aliphatic rings. The van der Waals surface area contributed by atoms with Crippen LogP contribution in [0.1, 0.15) is 43.2 Å². The zero-order valence-corrected chi connectivity index (χ0v) is 10.3. The van der Waals surface area contributed by atoms with Gasteiger partial charge in [-0.2, -0.15) is 0 Å². The maximum absolute atomic E-state index is 9.47. The molecule has 1 aromatic rings. The van der Waals surface area contributed by atoms with Gasteiger partial charge in [0, 0.05) is 12.1 Å². The largest absolute Gasteiger partial charge is 0.508 e. The highest BCUT2D eigenvalue weighted by atomic mass is 16.3. The molecular weight excluding hydrogens is 210 g/mol. The van der Waals surface area contributed by atoms with Crippen molar-refractivity contribution in [3.8, 4) is 5.75 Å². The van der Waals surface area contributed by atoms with Crippen LogP contribution in [0.4, 0.5) is 0 Å². The third kappa shape index (κ3) is 2.47. The fourth-order valence-corrected chi connectivity index (χ4v) is 3.31. The van der Waals surface area contributed by atoms with Gasteiger partial charge >= 0.3 is 0 Å². The van der Waals surface area contributed by atoms with Gasteiger partial charge in [0.05, 0.1) is 0 Å². The molecule has 1 atom stereocenters. The van der Waals surface area contributed by atoms with Crippen molar-refractivity contribution in [1.29, 1.82) is 0 Å². The summed E-state index contributed by atoms with van der Waals surface area (Å²) in [5.41, 5.74) is 2.76. The highest BCUT2D eigenvalue weighted by Gasteiger charge is 2.23. The SMILES string of the molecule is Oc1ccc2c(c1)CCC(NC1CCCC1)C2. The molecule has 2 aliphatic carbocycles. The van der Waals surface area contributed by atoms with E-state index in [-0.39, 0.29) is 0 Å². The van der Waals surface area contributed by atoms with Gasteiger partial charge in [-0.05, 0) is 55.4 Å². The summed E-state index contributed by atoms with van der Waals surface area (Å²) in [6, 6.07) is 7.25. The number of hydrogen-bond donors (Lipinski definition) is 2. The Labute approximate surface area is 103 Å². The van der Waals surface area contributed by atoms with Crippen molar-refractivity contribution >= 4 is 0 Å². The average Bonchev–Trinajstić information content (AvgIpc) is 2.82. The Kier molecular flexibility index (Phi) is 3.06. The molecule has 1 unspecified atom stereocenters. The van der Waals surface area contributed by atoms with Crippen molar-refractivity contribution in [2.24, 2.45) is 0 Å². The standard InChI is InChI=1S/C15H21NO/c17-15-8-6-11-9-14(7-5-12(11)10-15)16-13-3-1-2-4-13/h6,8,10,13-14,16-17H,1-5,7,9H2. The van der Waals surface area contributed by atoms with Gasteiger partial charge in [-0.25, -0.2) is 0 Å². The average molecular weight is 231 g/mol. The molecule has 2 N–H and O–H groups in total. The van der Waals surface area contributed by atoms with E-state index >= 15 is 0 Å². The van der Waals surface area contributed by atoms with E-state index in [4.69, 9.17) is 0 Å². The van der Waals surface area contributed by atoms with Crippen LogP contribution in [0.5, 0.6) is 5.75 Å². The van der Waals surface area contributed by atoms with Crippen LogP contribution in [-0.4, -0.2) is 17.2 Å². The summed E-state index contributed by atoms with van der Waals surface area (Å²) >= 11 is 0. The number of phenols is 1. The molecule has 0 heterocycles. The molecule has 92 valence electrons. The Morgan fingerprint density at radius 1 is 1.00 bits per heavy atom. The second-order valence-corrected chi connectivity index (χ2v) is 5.54. The molecule has 0 amide bonds. The van der Waals surface area contributed by atoms with Crippen LogP contribution in [0.15, 0.2) is 18.2 Å². The lowest BCUT2D eigenvalue weighted by atomic mass is 9.87. The fraction of sp³-hybridized carbons (Fsp3) is 0.600. The van der Waals surface area contributed by atoms with Crippen molar-refractivity contribution in [3.05, 3.63) is 29.3 Å². The number of fused-ring (bicyclic) bond motifs is 1. The third-order valence-corrected chi connectivity index (χ3v) is 4.24. The zero-order valence-electron chi connectivity index (χ0n) is 10.3. The number of hydrogen-bond acceptors (Lipinski definition) is 2.